The fourth-order valence-corrected chi connectivity index (χ4v) is 4.64. The molecular formula is C21H28N2O3. The van der Waals surface area contributed by atoms with E-state index in [1.165, 1.54) is 0 Å². The average Bonchev–Trinajstić information content (AvgIpc) is 3.33. The van der Waals surface area contributed by atoms with Crippen molar-refractivity contribution >= 4 is 11.8 Å². The fraction of sp³-hybridized carbons (Fsp3) is 0.619. The van der Waals surface area contributed by atoms with E-state index in [-0.39, 0.29) is 11.8 Å². The Kier molecular flexibility index (Phi) is 4.74. The molecule has 1 aromatic carbocycles. The van der Waals surface area contributed by atoms with Crippen molar-refractivity contribution in [2.45, 2.75) is 57.2 Å². The Morgan fingerprint density at radius 3 is 2.38 bits per heavy atom. The standard InChI is InChI=1S/C21H28N2O3/c1-16-9-11-21(12-10-16)23(19(24)17-7-3-2-4-8-17)18(15-26-21)20(25)22-13-5-6-14-22/h2-4,7-8,16,18H,5-6,9-15H2,1H3/t16?,18-,21?/m1/s1. The highest BCUT2D eigenvalue weighted by atomic mass is 16.5. The van der Waals surface area contributed by atoms with Gasteiger partial charge in [-0.15, -0.1) is 0 Å². The number of rotatable bonds is 2. The number of hydrogen-bond donors (Lipinski definition) is 0. The maximum absolute atomic E-state index is 13.4. The predicted molar refractivity (Wildman–Crippen MR) is 98.5 cm³/mol. The van der Waals surface area contributed by atoms with Gasteiger partial charge in [0.25, 0.3) is 5.91 Å². The highest BCUT2D eigenvalue weighted by molar-refractivity contribution is 5.98. The van der Waals surface area contributed by atoms with E-state index in [0.717, 1.165) is 51.6 Å². The van der Waals surface area contributed by atoms with Crippen LogP contribution in [0, 0.1) is 5.92 Å². The van der Waals surface area contributed by atoms with Crippen molar-refractivity contribution in [2.75, 3.05) is 19.7 Å². The van der Waals surface area contributed by atoms with Gasteiger partial charge in [0, 0.05) is 18.7 Å². The number of nitrogens with zero attached hydrogens (tertiary/aromatic N) is 2. The summed E-state index contributed by atoms with van der Waals surface area (Å²) in [5.74, 6) is 0.628. The SMILES string of the molecule is CC1CCC2(CC1)OC[C@H](C(=O)N1CCCC1)N2C(=O)c1ccccc1. The molecule has 2 amide bonds. The molecule has 2 heterocycles. The molecule has 5 nitrogen and oxygen atoms in total. The molecule has 140 valence electrons. The van der Waals surface area contributed by atoms with Crippen LogP contribution >= 0.6 is 0 Å². The fourth-order valence-electron chi connectivity index (χ4n) is 4.64. The van der Waals surface area contributed by atoms with E-state index in [2.05, 4.69) is 6.92 Å². The Morgan fingerprint density at radius 2 is 1.73 bits per heavy atom. The molecule has 2 aliphatic heterocycles. The first-order valence-electron chi connectivity index (χ1n) is 9.92. The number of likely N-dealkylation sites (tertiary alicyclic amines) is 1. The Balaban J connectivity index is 1.65. The average molecular weight is 356 g/mol. The minimum Gasteiger partial charge on any atom is -0.353 e. The molecular weight excluding hydrogens is 328 g/mol. The second-order valence-corrected chi connectivity index (χ2v) is 8.03. The van der Waals surface area contributed by atoms with E-state index in [9.17, 15) is 9.59 Å². The highest BCUT2D eigenvalue weighted by Crippen LogP contribution is 2.43. The van der Waals surface area contributed by atoms with Crippen molar-refractivity contribution in [3.8, 4) is 0 Å². The summed E-state index contributed by atoms with van der Waals surface area (Å²) in [6.45, 7) is 4.17. The second-order valence-electron chi connectivity index (χ2n) is 8.03. The molecule has 1 spiro atoms. The van der Waals surface area contributed by atoms with Crippen molar-refractivity contribution < 1.29 is 14.3 Å². The Bertz CT molecular complexity index is 661. The molecule has 0 bridgehead atoms. The summed E-state index contributed by atoms with van der Waals surface area (Å²) in [5, 5.41) is 0. The van der Waals surface area contributed by atoms with Gasteiger partial charge < -0.3 is 9.64 Å². The minimum absolute atomic E-state index is 0.0577. The van der Waals surface area contributed by atoms with E-state index in [1.807, 2.05) is 35.2 Å². The summed E-state index contributed by atoms with van der Waals surface area (Å²) in [7, 11) is 0. The molecule has 1 aliphatic carbocycles. The lowest BCUT2D eigenvalue weighted by Gasteiger charge is -2.43. The third kappa shape index (κ3) is 3.02. The van der Waals surface area contributed by atoms with Gasteiger partial charge in [-0.1, -0.05) is 25.1 Å². The lowest BCUT2D eigenvalue weighted by Crippen LogP contribution is -2.57. The summed E-state index contributed by atoms with van der Waals surface area (Å²) >= 11 is 0. The van der Waals surface area contributed by atoms with Gasteiger partial charge in [0.05, 0.1) is 6.61 Å². The van der Waals surface area contributed by atoms with Crippen LogP contribution in [0.1, 0.15) is 55.8 Å². The molecule has 26 heavy (non-hydrogen) atoms. The van der Waals surface area contributed by atoms with Crippen molar-refractivity contribution in [3.05, 3.63) is 35.9 Å². The van der Waals surface area contributed by atoms with Gasteiger partial charge in [0.2, 0.25) is 5.91 Å². The molecule has 1 aromatic rings. The quantitative estimate of drug-likeness (QED) is 0.818. The summed E-state index contributed by atoms with van der Waals surface area (Å²) in [5.41, 5.74) is 0.0228. The van der Waals surface area contributed by atoms with Crippen molar-refractivity contribution in [3.63, 3.8) is 0 Å². The third-order valence-corrected chi connectivity index (χ3v) is 6.26. The van der Waals surface area contributed by atoms with Crippen LogP contribution in [0.5, 0.6) is 0 Å². The van der Waals surface area contributed by atoms with E-state index in [4.69, 9.17) is 4.74 Å². The third-order valence-electron chi connectivity index (χ3n) is 6.26. The number of hydrogen-bond acceptors (Lipinski definition) is 3. The maximum atomic E-state index is 13.4. The zero-order valence-corrected chi connectivity index (χ0v) is 15.5. The lowest BCUT2D eigenvalue weighted by molar-refractivity contribution is -0.136. The molecule has 5 heteroatoms. The zero-order chi connectivity index (χ0) is 18.1. The van der Waals surface area contributed by atoms with Gasteiger partial charge >= 0.3 is 0 Å². The predicted octanol–water partition coefficient (Wildman–Crippen LogP) is 3.06. The largest absolute Gasteiger partial charge is 0.353 e. The zero-order valence-electron chi connectivity index (χ0n) is 15.5. The van der Waals surface area contributed by atoms with Crippen LogP contribution in [0.3, 0.4) is 0 Å². The van der Waals surface area contributed by atoms with E-state index >= 15 is 0 Å². The summed E-state index contributed by atoms with van der Waals surface area (Å²) in [4.78, 5) is 30.2. The van der Waals surface area contributed by atoms with E-state index in [1.54, 1.807) is 4.90 Å². The van der Waals surface area contributed by atoms with Crippen LogP contribution in [0.25, 0.3) is 0 Å². The van der Waals surface area contributed by atoms with Gasteiger partial charge in [-0.25, -0.2) is 0 Å². The van der Waals surface area contributed by atoms with Crippen LogP contribution in [0.15, 0.2) is 30.3 Å². The van der Waals surface area contributed by atoms with Crippen molar-refractivity contribution in [1.29, 1.82) is 0 Å². The molecule has 1 atom stereocenters. The number of ether oxygens (including phenoxy) is 1. The molecule has 0 aromatic heterocycles. The first-order valence-corrected chi connectivity index (χ1v) is 9.92. The molecule has 4 rings (SSSR count). The molecule has 0 unspecified atom stereocenters. The topological polar surface area (TPSA) is 49.9 Å². The van der Waals surface area contributed by atoms with Crippen LogP contribution < -0.4 is 0 Å². The van der Waals surface area contributed by atoms with Crippen LogP contribution in [0.2, 0.25) is 0 Å². The van der Waals surface area contributed by atoms with Crippen LogP contribution in [-0.2, 0) is 9.53 Å². The summed E-state index contributed by atoms with van der Waals surface area (Å²) < 4.78 is 6.24. The van der Waals surface area contributed by atoms with Gasteiger partial charge in [-0.3, -0.25) is 14.5 Å². The highest BCUT2D eigenvalue weighted by Gasteiger charge is 2.54. The Morgan fingerprint density at radius 1 is 1.08 bits per heavy atom. The maximum Gasteiger partial charge on any atom is 0.256 e. The van der Waals surface area contributed by atoms with Crippen LogP contribution in [-0.4, -0.2) is 53.1 Å². The monoisotopic (exact) mass is 356 g/mol. The van der Waals surface area contributed by atoms with Gasteiger partial charge in [-0.2, -0.15) is 0 Å². The van der Waals surface area contributed by atoms with E-state index < -0.39 is 11.8 Å². The normalized spacial score (nSPS) is 31.6. The molecule has 1 saturated carbocycles. The summed E-state index contributed by atoms with van der Waals surface area (Å²) in [6, 6.07) is 8.82. The molecule has 0 radical (unpaired) electrons. The van der Waals surface area contributed by atoms with Crippen molar-refractivity contribution in [1.82, 2.24) is 9.80 Å². The van der Waals surface area contributed by atoms with Crippen LogP contribution in [0.4, 0.5) is 0 Å². The molecule has 3 fully saturated rings. The Hall–Kier alpha value is -1.88. The number of benzene rings is 1. The first-order chi connectivity index (χ1) is 12.6. The minimum atomic E-state index is -0.612. The first kappa shape index (κ1) is 17.5. The van der Waals surface area contributed by atoms with E-state index in [0.29, 0.717) is 18.1 Å². The second kappa shape index (κ2) is 7.03. The van der Waals surface area contributed by atoms with Gasteiger partial charge in [0.15, 0.2) is 0 Å². The molecule has 3 aliphatic rings. The Labute approximate surface area is 155 Å². The van der Waals surface area contributed by atoms with Crippen molar-refractivity contribution in [2.24, 2.45) is 5.92 Å². The summed E-state index contributed by atoms with van der Waals surface area (Å²) in [6.07, 6.45) is 5.79. The number of carbonyl (C=O) groups excluding carboxylic acids is 2. The van der Waals surface area contributed by atoms with Gasteiger partial charge in [-0.05, 0) is 56.6 Å². The molecule has 2 saturated heterocycles. The smallest absolute Gasteiger partial charge is 0.256 e. The number of amides is 2. The lowest BCUT2D eigenvalue weighted by atomic mass is 9.83. The number of carbonyl (C=O) groups is 2. The van der Waals surface area contributed by atoms with Gasteiger partial charge in [0.1, 0.15) is 11.8 Å². The molecule has 0 N–H and O–H groups in total.